The molecule has 0 aliphatic heterocycles. The molecule has 0 aliphatic carbocycles. The summed E-state index contributed by atoms with van der Waals surface area (Å²) >= 11 is 5.19. The molecule has 2 aromatic rings. The Labute approximate surface area is 132 Å². The van der Waals surface area contributed by atoms with Gasteiger partial charge in [-0.25, -0.2) is 0 Å². The summed E-state index contributed by atoms with van der Waals surface area (Å²) in [5.41, 5.74) is 1.08. The van der Waals surface area contributed by atoms with Crippen LogP contribution in [0.5, 0.6) is 0 Å². The lowest BCUT2D eigenvalue weighted by molar-refractivity contribution is -0.384. The zero-order valence-corrected chi connectivity index (χ0v) is 12.5. The van der Waals surface area contributed by atoms with Gasteiger partial charge in [-0.2, -0.15) is 0 Å². The smallest absolute Gasteiger partial charge is 0.269 e. The van der Waals surface area contributed by atoms with Crippen molar-refractivity contribution in [2.24, 2.45) is 0 Å². The maximum Gasteiger partial charge on any atom is 0.269 e. The topological polar surface area (TPSA) is 75.5 Å². The summed E-state index contributed by atoms with van der Waals surface area (Å²) in [7, 11) is 1.74. The SMILES string of the molecule is CN(C(=S)NC(=O)c1ccc([N+](=O)[O-])cc1)c1ccccc1. The first-order valence-electron chi connectivity index (χ1n) is 6.37. The number of carbonyl (C=O) groups excluding carboxylic acids is 1. The number of nitro groups is 1. The predicted octanol–water partition coefficient (Wildman–Crippen LogP) is 2.75. The van der Waals surface area contributed by atoms with Gasteiger partial charge >= 0.3 is 0 Å². The Morgan fingerprint density at radius 1 is 1.14 bits per heavy atom. The first-order chi connectivity index (χ1) is 10.5. The molecule has 0 radical (unpaired) electrons. The summed E-state index contributed by atoms with van der Waals surface area (Å²) in [6, 6.07) is 14.7. The zero-order chi connectivity index (χ0) is 16.1. The number of hydrogen-bond acceptors (Lipinski definition) is 4. The Bertz CT molecular complexity index is 702. The van der Waals surface area contributed by atoms with Crippen LogP contribution in [0.15, 0.2) is 54.6 Å². The molecule has 1 amide bonds. The summed E-state index contributed by atoms with van der Waals surface area (Å²) < 4.78 is 0. The van der Waals surface area contributed by atoms with Gasteiger partial charge in [0, 0.05) is 30.4 Å². The Hall–Kier alpha value is -2.80. The van der Waals surface area contributed by atoms with Gasteiger partial charge in [-0.15, -0.1) is 0 Å². The van der Waals surface area contributed by atoms with Crippen LogP contribution in [-0.2, 0) is 0 Å². The number of non-ortho nitro benzene ring substituents is 1. The highest BCUT2D eigenvalue weighted by Crippen LogP contribution is 2.13. The van der Waals surface area contributed by atoms with Crippen LogP contribution in [0.1, 0.15) is 10.4 Å². The van der Waals surface area contributed by atoms with Crippen molar-refractivity contribution in [2.45, 2.75) is 0 Å². The molecule has 2 aromatic carbocycles. The highest BCUT2D eigenvalue weighted by molar-refractivity contribution is 7.80. The number of amides is 1. The van der Waals surface area contributed by atoms with Gasteiger partial charge in [0.25, 0.3) is 11.6 Å². The molecular formula is C15H13N3O3S. The van der Waals surface area contributed by atoms with E-state index in [1.807, 2.05) is 30.3 Å². The minimum absolute atomic E-state index is 0.0690. The van der Waals surface area contributed by atoms with Crippen molar-refractivity contribution >= 4 is 34.6 Å². The summed E-state index contributed by atoms with van der Waals surface area (Å²) in [5.74, 6) is -0.414. The summed E-state index contributed by atoms with van der Waals surface area (Å²) in [4.78, 5) is 23.8. The van der Waals surface area contributed by atoms with Gasteiger partial charge in [0.1, 0.15) is 0 Å². The van der Waals surface area contributed by atoms with Crippen molar-refractivity contribution in [3.05, 3.63) is 70.3 Å². The molecule has 0 fully saturated rings. The lowest BCUT2D eigenvalue weighted by Gasteiger charge is -2.20. The fraction of sp³-hybridized carbons (Fsp3) is 0.0667. The van der Waals surface area contributed by atoms with Crippen LogP contribution in [0.4, 0.5) is 11.4 Å². The van der Waals surface area contributed by atoms with E-state index >= 15 is 0 Å². The van der Waals surface area contributed by atoms with E-state index in [-0.39, 0.29) is 10.8 Å². The largest absolute Gasteiger partial charge is 0.322 e. The van der Waals surface area contributed by atoms with E-state index in [1.54, 1.807) is 11.9 Å². The molecule has 0 bridgehead atoms. The van der Waals surface area contributed by atoms with Crippen molar-refractivity contribution in [3.63, 3.8) is 0 Å². The Morgan fingerprint density at radius 3 is 2.27 bits per heavy atom. The average molecular weight is 315 g/mol. The average Bonchev–Trinajstić information content (AvgIpc) is 2.54. The van der Waals surface area contributed by atoms with E-state index in [9.17, 15) is 14.9 Å². The first kappa shape index (κ1) is 15.6. The number of para-hydroxylation sites is 1. The molecule has 2 rings (SSSR count). The molecule has 0 aromatic heterocycles. The number of nitrogens with zero attached hydrogens (tertiary/aromatic N) is 2. The molecule has 7 heteroatoms. The summed E-state index contributed by atoms with van der Waals surface area (Å²) in [6.45, 7) is 0. The minimum Gasteiger partial charge on any atom is -0.322 e. The second-order valence-corrected chi connectivity index (χ2v) is 4.84. The van der Waals surface area contributed by atoms with Crippen molar-refractivity contribution in [2.75, 3.05) is 11.9 Å². The summed E-state index contributed by atoms with van der Waals surface area (Å²) in [6.07, 6.45) is 0. The highest BCUT2D eigenvalue weighted by atomic mass is 32.1. The van der Waals surface area contributed by atoms with Crippen LogP contribution < -0.4 is 10.2 Å². The van der Waals surface area contributed by atoms with Gasteiger partial charge < -0.3 is 4.90 Å². The van der Waals surface area contributed by atoms with E-state index in [1.165, 1.54) is 24.3 Å². The molecule has 0 aliphatic rings. The molecule has 0 unspecified atom stereocenters. The number of benzene rings is 2. The fourth-order valence-corrected chi connectivity index (χ4v) is 1.95. The molecule has 0 atom stereocenters. The van der Waals surface area contributed by atoms with Crippen LogP contribution >= 0.6 is 12.2 Å². The Kier molecular flexibility index (Phi) is 4.80. The van der Waals surface area contributed by atoms with Crippen LogP contribution in [0.2, 0.25) is 0 Å². The highest BCUT2D eigenvalue weighted by Gasteiger charge is 2.13. The van der Waals surface area contributed by atoms with E-state index in [0.717, 1.165) is 5.69 Å². The normalized spacial score (nSPS) is 9.86. The van der Waals surface area contributed by atoms with Gasteiger partial charge in [0.15, 0.2) is 5.11 Å². The maximum atomic E-state index is 12.1. The van der Waals surface area contributed by atoms with E-state index < -0.39 is 10.8 Å². The molecule has 0 saturated heterocycles. The molecule has 0 saturated carbocycles. The number of anilines is 1. The molecule has 0 spiro atoms. The van der Waals surface area contributed by atoms with Crippen molar-refractivity contribution in [3.8, 4) is 0 Å². The third kappa shape index (κ3) is 3.64. The van der Waals surface area contributed by atoms with E-state index in [2.05, 4.69) is 5.32 Å². The second-order valence-electron chi connectivity index (χ2n) is 4.46. The third-order valence-corrected chi connectivity index (χ3v) is 3.38. The Morgan fingerprint density at radius 2 is 1.73 bits per heavy atom. The number of carbonyl (C=O) groups is 1. The number of nitrogens with one attached hydrogen (secondary N) is 1. The molecule has 1 N–H and O–H groups in total. The van der Waals surface area contributed by atoms with Crippen molar-refractivity contribution < 1.29 is 9.72 Å². The van der Waals surface area contributed by atoms with Crippen LogP contribution in [-0.4, -0.2) is 23.0 Å². The second kappa shape index (κ2) is 6.77. The van der Waals surface area contributed by atoms with Crippen LogP contribution in [0.3, 0.4) is 0 Å². The molecule has 22 heavy (non-hydrogen) atoms. The molecule has 112 valence electrons. The quantitative estimate of drug-likeness (QED) is 0.535. The predicted molar refractivity (Wildman–Crippen MR) is 88.0 cm³/mol. The lowest BCUT2D eigenvalue weighted by atomic mass is 10.2. The minimum atomic E-state index is -0.518. The number of rotatable bonds is 3. The van der Waals surface area contributed by atoms with Gasteiger partial charge in [-0.3, -0.25) is 20.2 Å². The molecule has 6 nitrogen and oxygen atoms in total. The maximum absolute atomic E-state index is 12.1. The van der Waals surface area contributed by atoms with Crippen LogP contribution in [0.25, 0.3) is 0 Å². The Balaban J connectivity index is 2.05. The number of nitro benzene ring substituents is 1. The van der Waals surface area contributed by atoms with Gasteiger partial charge in [0.05, 0.1) is 4.92 Å². The lowest BCUT2D eigenvalue weighted by Crippen LogP contribution is -2.40. The first-order valence-corrected chi connectivity index (χ1v) is 6.78. The standard InChI is InChI=1S/C15H13N3O3S/c1-17(12-5-3-2-4-6-12)15(22)16-14(19)11-7-9-13(10-8-11)18(20)21/h2-10H,1H3,(H,16,19,22). The zero-order valence-electron chi connectivity index (χ0n) is 11.7. The fourth-order valence-electron chi connectivity index (χ4n) is 1.76. The van der Waals surface area contributed by atoms with E-state index in [4.69, 9.17) is 12.2 Å². The van der Waals surface area contributed by atoms with Crippen molar-refractivity contribution in [1.82, 2.24) is 5.32 Å². The monoisotopic (exact) mass is 315 g/mol. The van der Waals surface area contributed by atoms with Gasteiger partial charge in [-0.1, -0.05) is 18.2 Å². The third-order valence-electron chi connectivity index (χ3n) is 3.01. The summed E-state index contributed by atoms with van der Waals surface area (Å²) in [5, 5.41) is 13.4. The molecule has 0 heterocycles. The van der Waals surface area contributed by atoms with E-state index in [0.29, 0.717) is 5.56 Å². The van der Waals surface area contributed by atoms with Gasteiger partial charge in [-0.05, 0) is 36.5 Å². The number of hydrogen-bond donors (Lipinski definition) is 1. The molecular weight excluding hydrogens is 302 g/mol. The van der Waals surface area contributed by atoms with Crippen LogP contribution in [0, 0.1) is 10.1 Å². The number of thiocarbonyl (C=S) groups is 1. The van der Waals surface area contributed by atoms with Crippen molar-refractivity contribution in [1.29, 1.82) is 0 Å². The van der Waals surface area contributed by atoms with Gasteiger partial charge in [0.2, 0.25) is 0 Å².